The van der Waals surface area contributed by atoms with Crippen LogP contribution in [0.3, 0.4) is 0 Å². The summed E-state index contributed by atoms with van der Waals surface area (Å²) in [5, 5.41) is 11.7. The van der Waals surface area contributed by atoms with E-state index in [1.165, 1.54) is 25.4 Å². The Bertz CT molecular complexity index is 1120. The van der Waals surface area contributed by atoms with Gasteiger partial charge in [-0.25, -0.2) is 14.4 Å². The van der Waals surface area contributed by atoms with Crippen molar-refractivity contribution in [3.05, 3.63) is 71.8 Å². The highest BCUT2D eigenvalue weighted by Crippen LogP contribution is 2.26. The molecule has 158 valence electrons. The number of halogens is 1. The van der Waals surface area contributed by atoms with Crippen LogP contribution < -0.4 is 21.3 Å². The zero-order valence-corrected chi connectivity index (χ0v) is 16.8. The second-order valence-electron chi connectivity index (χ2n) is 7.13. The zero-order chi connectivity index (χ0) is 21.8. The number of nitrogens with one attached hydrogen (secondary N) is 4. The number of nitrogens with zero attached hydrogens (tertiary/aromatic N) is 2. The lowest BCUT2D eigenvalue weighted by molar-refractivity contribution is 0.0947. The molecule has 31 heavy (non-hydrogen) atoms. The predicted octanol–water partition coefficient (Wildman–Crippen LogP) is 3.35. The van der Waals surface area contributed by atoms with Crippen LogP contribution in [0.2, 0.25) is 0 Å². The van der Waals surface area contributed by atoms with Crippen molar-refractivity contribution in [3.8, 4) is 0 Å². The van der Waals surface area contributed by atoms with Gasteiger partial charge >= 0.3 is 0 Å². The number of anilines is 4. The minimum Gasteiger partial charge on any atom is -0.355 e. The Balaban J connectivity index is 1.59. The van der Waals surface area contributed by atoms with E-state index in [0.29, 0.717) is 34.1 Å². The molecule has 4 N–H and O–H groups in total. The first-order chi connectivity index (χ1) is 15.0. The lowest BCUT2D eigenvalue weighted by Crippen LogP contribution is -2.25. The SMILES string of the molecule is CNC(=O)c1cnc(Nc2ccc(F)cn2)cc1Nc1cccc(C(=O)NC2CC2)c1. The number of rotatable bonds is 7. The first kappa shape index (κ1) is 20.3. The zero-order valence-electron chi connectivity index (χ0n) is 16.8. The van der Waals surface area contributed by atoms with Gasteiger partial charge in [-0.1, -0.05) is 6.07 Å². The van der Waals surface area contributed by atoms with Crippen molar-refractivity contribution in [2.24, 2.45) is 0 Å². The number of benzene rings is 1. The molecule has 1 aliphatic carbocycles. The number of aromatic nitrogens is 2. The first-order valence-electron chi connectivity index (χ1n) is 9.80. The van der Waals surface area contributed by atoms with Crippen LogP contribution in [0.5, 0.6) is 0 Å². The molecular formula is C22H21FN6O2. The smallest absolute Gasteiger partial charge is 0.254 e. The Morgan fingerprint density at radius 3 is 2.48 bits per heavy atom. The minimum atomic E-state index is -0.443. The monoisotopic (exact) mass is 420 g/mol. The second kappa shape index (κ2) is 8.78. The van der Waals surface area contributed by atoms with E-state index >= 15 is 0 Å². The van der Waals surface area contributed by atoms with E-state index in [4.69, 9.17) is 0 Å². The van der Waals surface area contributed by atoms with Crippen molar-refractivity contribution >= 4 is 34.8 Å². The Kier molecular flexibility index (Phi) is 5.74. The summed E-state index contributed by atoms with van der Waals surface area (Å²) in [6, 6.07) is 11.7. The second-order valence-corrected chi connectivity index (χ2v) is 7.13. The highest BCUT2D eigenvalue weighted by molar-refractivity contribution is 6.01. The average molecular weight is 420 g/mol. The summed E-state index contributed by atoms with van der Waals surface area (Å²) in [5.74, 6) is -0.0640. The summed E-state index contributed by atoms with van der Waals surface area (Å²) in [7, 11) is 1.53. The summed E-state index contributed by atoms with van der Waals surface area (Å²) < 4.78 is 13.1. The van der Waals surface area contributed by atoms with E-state index in [1.54, 1.807) is 30.3 Å². The van der Waals surface area contributed by atoms with Crippen LogP contribution >= 0.6 is 0 Å². The van der Waals surface area contributed by atoms with E-state index in [2.05, 4.69) is 31.2 Å². The molecule has 2 aromatic heterocycles. The number of amides is 2. The van der Waals surface area contributed by atoms with Gasteiger partial charge in [0.15, 0.2) is 0 Å². The maximum absolute atomic E-state index is 13.1. The summed E-state index contributed by atoms with van der Waals surface area (Å²) >= 11 is 0. The molecule has 1 aliphatic rings. The number of pyridine rings is 2. The molecule has 1 fully saturated rings. The minimum absolute atomic E-state index is 0.128. The van der Waals surface area contributed by atoms with Crippen LogP contribution in [0.4, 0.5) is 27.4 Å². The van der Waals surface area contributed by atoms with Gasteiger partial charge in [-0.2, -0.15) is 0 Å². The van der Waals surface area contributed by atoms with Gasteiger partial charge in [-0.3, -0.25) is 9.59 Å². The lowest BCUT2D eigenvalue weighted by Gasteiger charge is -2.14. The van der Waals surface area contributed by atoms with Gasteiger partial charge in [-0.05, 0) is 43.2 Å². The molecule has 0 bridgehead atoms. The van der Waals surface area contributed by atoms with Gasteiger partial charge < -0.3 is 21.3 Å². The van der Waals surface area contributed by atoms with Crippen LogP contribution in [0.1, 0.15) is 33.6 Å². The Morgan fingerprint density at radius 1 is 0.968 bits per heavy atom. The van der Waals surface area contributed by atoms with Crippen molar-refractivity contribution in [1.82, 2.24) is 20.6 Å². The normalized spacial score (nSPS) is 12.7. The lowest BCUT2D eigenvalue weighted by atomic mass is 10.1. The van der Waals surface area contributed by atoms with Crippen LogP contribution in [0.15, 0.2) is 54.9 Å². The summed E-state index contributed by atoms with van der Waals surface area (Å²) in [4.78, 5) is 32.8. The molecule has 0 unspecified atom stereocenters. The maximum Gasteiger partial charge on any atom is 0.254 e. The molecule has 0 aliphatic heterocycles. The maximum atomic E-state index is 13.1. The molecule has 8 nitrogen and oxygen atoms in total. The Hall–Kier alpha value is -4.01. The van der Waals surface area contributed by atoms with Crippen LogP contribution in [-0.4, -0.2) is 34.9 Å². The number of hydrogen-bond donors (Lipinski definition) is 4. The van der Waals surface area contributed by atoms with Crippen molar-refractivity contribution in [2.45, 2.75) is 18.9 Å². The van der Waals surface area contributed by atoms with Crippen molar-refractivity contribution < 1.29 is 14.0 Å². The fourth-order valence-corrected chi connectivity index (χ4v) is 2.91. The molecule has 4 rings (SSSR count). The molecule has 1 saturated carbocycles. The van der Waals surface area contributed by atoms with Crippen molar-refractivity contribution in [1.29, 1.82) is 0 Å². The van der Waals surface area contributed by atoms with Crippen LogP contribution in [0.25, 0.3) is 0 Å². The molecule has 3 aromatic rings. The molecule has 0 atom stereocenters. The van der Waals surface area contributed by atoms with E-state index in [0.717, 1.165) is 19.0 Å². The largest absolute Gasteiger partial charge is 0.355 e. The summed E-state index contributed by atoms with van der Waals surface area (Å²) in [6.07, 6.45) is 4.54. The van der Waals surface area contributed by atoms with Crippen molar-refractivity contribution in [3.63, 3.8) is 0 Å². The third kappa shape index (κ3) is 5.13. The van der Waals surface area contributed by atoms with E-state index in [-0.39, 0.29) is 17.9 Å². The van der Waals surface area contributed by atoms with Crippen molar-refractivity contribution in [2.75, 3.05) is 17.7 Å². The van der Waals surface area contributed by atoms with E-state index in [1.807, 2.05) is 0 Å². The molecular weight excluding hydrogens is 399 g/mol. The van der Waals surface area contributed by atoms with Gasteiger partial charge in [0.1, 0.15) is 17.5 Å². The third-order valence-electron chi connectivity index (χ3n) is 4.68. The third-order valence-corrected chi connectivity index (χ3v) is 4.68. The quantitative estimate of drug-likeness (QED) is 0.467. The topological polar surface area (TPSA) is 108 Å². The highest BCUT2D eigenvalue weighted by atomic mass is 19.1. The molecule has 2 heterocycles. The fourth-order valence-electron chi connectivity index (χ4n) is 2.91. The van der Waals surface area contributed by atoms with Gasteiger partial charge in [0.05, 0.1) is 17.4 Å². The van der Waals surface area contributed by atoms with Gasteiger partial charge in [0.25, 0.3) is 11.8 Å². The molecule has 0 radical (unpaired) electrons. The van der Waals surface area contributed by atoms with Crippen LogP contribution in [-0.2, 0) is 0 Å². The molecule has 0 saturated heterocycles. The number of hydrogen-bond acceptors (Lipinski definition) is 6. The van der Waals surface area contributed by atoms with Crippen LogP contribution in [0, 0.1) is 5.82 Å². The number of carbonyl (C=O) groups is 2. The van der Waals surface area contributed by atoms with Gasteiger partial charge in [0, 0.05) is 36.6 Å². The molecule has 1 aromatic carbocycles. The molecule has 2 amide bonds. The standard InChI is InChI=1S/C22H21FN6O2/c1-24-22(31)17-12-26-20(29-19-8-5-14(23)11-25-19)10-18(17)27-16-4-2-3-13(9-16)21(30)28-15-6-7-15/h2-5,8-12,15H,6-7H2,1H3,(H,24,31)(H,28,30)(H2,25,26,27,29). The Morgan fingerprint density at radius 2 is 1.77 bits per heavy atom. The molecule has 0 spiro atoms. The summed E-state index contributed by atoms with van der Waals surface area (Å²) in [6.45, 7) is 0. The van der Waals surface area contributed by atoms with Gasteiger partial charge in [0.2, 0.25) is 0 Å². The number of carbonyl (C=O) groups excluding carboxylic acids is 2. The fraction of sp³-hybridized carbons (Fsp3) is 0.182. The summed E-state index contributed by atoms with van der Waals surface area (Å²) in [5.41, 5.74) is 1.98. The van der Waals surface area contributed by atoms with E-state index in [9.17, 15) is 14.0 Å². The highest BCUT2D eigenvalue weighted by Gasteiger charge is 2.23. The van der Waals surface area contributed by atoms with Gasteiger partial charge in [-0.15, -0.1) is 0 Å². The molecule has 9 heteroatoms. The average Bonchev–Trinajstić information content (AvgIpc) is 3.59. The predicted molar refractivity (Wildman–Crippen MR) is 115 cm³/mol. The van der Waals surface area contributed by atoms with E-state index < -0.39 is 5.82 Å². The first-order valence-corrected chi connectivity index (χ1v) is 9.80. The Labute approximate surface area is 178 Å².